The summed E-state index contributed by atoms with van der Waals surface area (Å²) < 4.78 is 0. The van der Waals surface area contributed by atoms with E-state index in [9.17, 15) is 20.4 Å². The summed E-state index contributed by atoms with van der Waals surface area (Å²) in [6.07, 6.45) is 0.894. The van der Waals surface area contributed by atoms with Crippen molar-refractivity contribution in [2.75, 3.05) is 0 Å². The van der Waals surface area contributed by atoms with Crippen LogP contribution in [0.1, 0.15) is 43.2 Å². The molecule has 7 atom stereocenters. The first-order chi connectivity index (χ1) is 10.4. The predicted octanol–water partition coefficient (Wildman–Crippen LogP) is 1.55. The maximum Gasteiger partial charge on any atom is 0.115 e. The first-order valence-electron chi connectivity index (χ1n) is 8.29. The van der Waals surface area contributed by atoms with Crippen LogP contribution in [-0.2, 0) is 6.42 Å². The minimum absolute atomic E-state index is 0.0572. The zero-order valence-electron chi connectivity index (χ0n) is 12.8. The van der Waals surface area contributed by atoms with E-state index in [-0.39, 0.29) is 11.8 Å². The Hall–Kier alpha value is -1.10. The van der Waals surface area contributed by atoms with Gasteiger partial charge in [0.15, 0.2) is 0 Å². The van der Waals surface area contributed by atoms with Gasteiger partial charge in [-0.1, -0.05) is 13.0 Å². The van der Waals surface area contributed by atoms with Gasteiger partial charge in [-0.3, -0.25) is 0 Å². The second-order valence-corrected chi connectivity index (χ2v) is 7.69. The van der Waals surface area contributed by atoms with Crippen LogP contribution in [0.3, 0.4) is 0 Å². The Morgan fingerprint density at radius 3 is 2.64 bits per heavy atom. The Morgan fingerprint density at radius 1 is 1.09 bits per heavy atom. The van der Waals surface area contributed by atoms with E-state index in [0.29, 0.717) is 11.7 Å². The van der Waals surface area contributed by atoms with Crippen LogP contribution in [0.4, 0.5) is 0 Å². The smallest absolute Gasteiger partial charge is 0.115 e. The highest BCUT2D eigenvalue weighted by Gasteiger charge is 2.62. The van der Waals surface area contributed by atoms with Gasteiger partial charge in [-0.05, 0) is 66.7 Å². The molecule has 0 bridgehead atoms. The second-order valence-electron chi connectivity index (χ2n) is 7.69. The van der Waals surface area contributed by atoms with Crippen LogP contribution in [0.25, 0.3) is 0 Å². The molecule has 0 radical (unpaired) electrons. The molecule has 3 aliphatic carbocycles. The van der Waals surface area contributed by atoms with Gasteiger partial charge in [0.05, 0.1) is 12.2 Å². The number of hydrogen-bond acceptors (Lipinski definition) is 4. The SMILES string of the molecule is C[C@]12CC[C@@H]3c4ccc(O)cc4CC[C@H]3[C@@H]1C(O)C(O)[C@@H]2O. The Morgan fingerprint density at radius 2 is 1.86 bits per heavy atom. The van der Waals surface area contributed by atoms with E-state index in [4.69, 9.17) is 0 Å². The van der Waals surface area contributed by atoms with Gasteiger partial charge >= 0.3 is 0 Å². The standard InChI is InChI=1S/C18H24O4/c1-18-7-6-12-11-5-3-10(19)8-9(11)2-4-13(12)14(18)15(20)16(21)17(18)22/h3,5,8,12-17,19-22H,2,4,6-7H2,1H3/t12-,13-,14-,15?,16?,17+,18+/m1/s1. The zero-order valence-corrected chi connectivity index (χ0v) is 12.8. The van der Waals surface area contributed by atoms with Gasteiger partial charge in [0.2, 0.25) is 0 Å². The summed E-state index contributed by atoms with van der Waals surface area (Å²) in [7, 11) is 0. The number of benzene rings is 1. The van der Waals surface area contributed by atoms with Gasteiger partial charge in [0.1, 0.15) is 11.9 Å². The molecule has 0 saturated heterocycles. The molecule has 0 spiro atoms. The largest absolute Gasteiger partial charge is 0.508 e. The highest BCUT2D eigenvalue weighted by atomic mass is 16.4. The van der Waals surface area contributed by atoms with E-state index in [1.54, 1.807) is 6.07 Å². The van der Waals surface area contributed by atoms with Gasteiger partial charge in [0, 0.05) is 5.41 Å². The lowest BCUT2D eigenvalue weighted by molar-refractivity contribution is -0.0505. The molecule has 1 aromatic rings. The lowest BCUT2D eigenvalue weighted by Gasteiger charge is -2.50. The molecule has 0 amide bonds. The van der Waals surface area contributed by atoms with Crippen molar-refractivity contribution in [2.24, 2.45) is 17.3 Å². The number of rotatable bonds is 0. The highest BCUT2D eigenvalue weighted by molar-refractivity contribution is 5.40. The van der Waals surface area contributed by atoms with E-state index < -0.39 is 23.7 Å². The van der Waals surface area contributed by atoms with Gasteiger partial charge in [-0.15, -0.1) is 0 Å². The van der Waals surface area contributed by atoms with Crippen LogP contribution in [0.15, 0.2) is 18.2 Å². The molecule has 22 heavy (non-hydrogen) atoms. The third-order valence-corrected chi connectivity index (χ3v) is 6.72. The van der Waals surface area contributed by atoms with Crippen LogP contribution >= 0.6 is 0 Å². The molecular formula is C18H24O4. The molecule has 0 heterocycles. The average molecular weight is 304 g/mol. The predicted molar refractivity (Wildman–Crippen MR) is 81.5 cm³/mol. The molecule has 0 aromatic heterocycles. The van der Waals surface area contributed by atoms with Crippen LogP contribution in [0, 0.1) is 17.3 Å². The molecule has 3 aliphatic rings. The summed E-state index contributed by atoms with van der Waals surface area (Å²) in [6.45, 7) is 2.02. The van der Waals surface area contributed by atoms with Crippen LogP contribution < -0.4 is 0 Å². The molecular weight excluding hydrogens is 280 g/mol. The van der Waals surface area contributed by atoms with Crippen LogP contribution in [-0.4, -0.2) is 38.7 Å². The highest BCUT2D eigenvalue weighted by Crippen LogP contribution is 2.60. The Kier molecular flexibility index (Phi) is 3.09. The van der Waals surface area contributed by atoms with E-state index in [2.05, 4.69) is 0 Å². The van der Waals surface area contributed by atoms with Gasteiger partial charge in [0.25, 0.3) is 0 Å². The summed E-state index contributed by atoms with van der Waals surface area (Å²) in [5.41, 5.74) is 2.09. The normalized spacial score (nSPS) is 46.7. The van der Waals surface area contributed by atoms with Crippen molar-refractivity contribution in [3.63, 3.8) is 0 Å². The number of phenolic OH excluding ortho intramolecular Hbond substituents is 1. The minimum Gasteiger partial charge on any atom is -0.508 e. The third kappa shape index (κ3) is 1.75. The topological polar surface area (TPSA) is 80.9 Å². The minimum atomic E-state index is -1.03. The Balaban J connectivity index is 1.74. The fourth-order valence-corrected chi connectivity index (χ4v) is 5.62. The van der Waals surface area contributed by atoms with Crippen molar-refractivity contribution in [1.82, 2.24) is 0 Å². The van der Waals surface area contributed by atoms with Crippen molar-refractivity contribution in [3.8, 4) is 5.75 Å². The quantitative estimate of drug-likeness (QED) is 0.586. The summed E-state index contributed by atoms with van der Waals surface area (Å²) in [5.74, 6) is 0.898. The molecule has 2 fully saturated rings. The Labute approximate surface area is 130 Å². The maximum atomic E-state index is 10.5. The lowest BCUT2D eigenvalue weighted by Crippen LogP contribution is -2.46. The zero-order chi connectivity index (χ0) is 15.6. The van der Waals surface area contributed by atoms with Crippen LogP contribution in [0.2, 0.25) is 0 Å². The second kappa shape index (κ2) is 4.70. The van der Waals surface area contributed by atoms with Crippen molar-refractivity contribution >= 4 is 0 Å². The lowest BCUT2D eigenvalue weighted by atomic mass is 9.55. The van der Waals surface area contributed by atoms with Gasteiger partial charge in [-0.2, -0.15) is 0 Å². The van der Waals surface area contributed by atoms with E-state index in [1.165, 1.54) is 11.1 Å². The Bertz CT molecular complexity index is 601. The number of fused-ring (bicyclic) bond motifs is 5. The summed E-state index contributed by atoms with van der Waals surface area (Å²) >= 11 is 0. The summed E-state index contributed by atoms with van der Waals surface area (Å²) in [4.78, 5) is 0. The van der Waals surface area contributed by atoms with Crippen molar-refractivity contribution in [3.05, 3.63) is 29.3 Å². The molecule has 0 aliphatic heterocycles. The third-order valence-electron chi connectivity index (χ3n) is 6.72. The van der Waals surface area contributed by atoms with Crippen molar-refractivity contribution < 1.29 is 20.4 Å². The monoisotopic (exact) mass is 304 g/mol. The number of aryl methyl sites for hydroxylation is 1. The fourth-order valence-electron chi connectivity index (χ4n) is 5.62. The molecule has 4 N–H and O–H groups in total. The number of aliphatic hydroxyl groups is 3. The van der Waals surface area contributed by atoms with Gasteiger partial charge < -0.3 is 20.4 Å². The van der Waals surface area contributed by atoms with Crippen molar-refractivity contribution in [2.45, 2.75) is 56.8 Å². The van der Waals surface area contributed by atoms with E-state index in [0.717, 1.165) is 25.7 Å². The number of aromatic hydroxyl groups is 1. The van der Waals surface area contributed by atoms with E-state index in [1.807, 2.05) is 19.1 Å². The molecule has 4 rings (SSSR count). The molecule has 2 unspecified atom stereocenters. The fraction of sp³-hybridized carbons (Fsp3) is 0.667. The number of phenols is 1. The molecule has 120 valence electrons. The van der Waals surface area contributed by atoms with Crippen molar-refractivity contribution in [1.29, 1.82) is 0 Å². The summed E-state index contributed by atoms with van der Waals surface area (Å²) in [6, 6.07) is 5.61. The maximum absolute atomic E-state index is 10.5. The first-order valence-corrected chi connectivity index (χ1v) is 8.29. The molecule has 2 saturated carbocycles. The number of hydrogen-bond donors (Lipinski definition) is 4. The molecule has 4 heteroatoms. The summed E-state index contributed by atoms with van der Waals surface area (Å²) in [5, 5.41) is 40.7. The molecule has 4 nitrogen and oxygen atoms in total. The average Bonchev–Trinajstić information content (AvgIpc) is 2.68. The first kappa shape index (κ1) is 14.5. The number of aliphatic hydroxyl groups excluding tert-OH is 3. The van der Waals surface area contributed by atoms with E-state index >= 15 is 0 Å². The molecule has 1 aromatic carbocycles. The van der Waals surface area contributed by atoms with Gasteiger partial charge in [-0.25, -0.2) is 0 Å². The van der Waals surface area contributed by atoms with Crippen LogP contribution in [0.5, 0.6) is 5.75 Å².